The summed E-state index contributed by atoms with van der Waals surface area (Å²) in [5.74, 6) is -4.68. The third-order valence-corrected chi connectivity index (χ3v) is 3.20. The van der Waals surface area contributed by atoms with Crippen molar-refractivity contribution in [3.05, 3.63) is 51.5 Å². The molecule has 0 aliphatic carbocycles. The van der Waals surface area contributed by atoms with Crippen molar-refractivity contribution in [1.82, 2.24) is 0 Å². The number of methoxy groups -OCH3 is 1. The Bertz CT molecular complexity index is 584. The molecule has 0 aliphatic rings. The quantitative estimate of drug-likeness (QED) is 0.632. The number of thiophene rings is 1. The van der Waals surface area contributed by atoms with Gasteiger partial charge in [0.25, 0.3) is 0 Å². The van der Waals surface area contributed by atoms with Gasteiger partial charge in [0.1, 0.15) is 10.6 Å². The van der Waals surface area contributed by atoms with Crippen LogP contribution in [0.25, 0.3) is 0 Å². The first-order valence-corrected chi connectivity index (χ1v) is 5.73. The van der Waals surface area contributed by atoms with Crippen molar-refractivity contribution < 1.29 is 22.7 Å². The minimum atomic E-state index is -1.59. The second-order valence-corrected chi connectivity index (χ2v) is 4.32. The topological polar surface area (TPSA) is 26.3 Å². The van der Waals surface area contributed by atoms with E-state index in [2.05, 4.69) is 0 Å². The zero-order valence-electron chi connectivity index (χ0n) is 9.17. The normalized spacial score (nSPS) is 10.4. The van der Waals surface area contributed by atoms with Gasteiger partial charge in [-0.1, -0.05) is 0 Å². The van der Waals surface area contributed by atoms with E-state index in [1.165, 1.54) is 7.11 Å². The Balaban J connectivity index is 2.47. The van der Waals surface area contributed by atoms with E-state index in [-0.39, 0.29) is 10.4 Å². The molecular formula is C12H7F3O2S. The molecule has 0 atom stereocenters. The lowest BCUT2D eigenvalue weighted by atomic mass is 10.1. The molecule has 2 aromatic rings. The third-order valence-electron chi connectivity index (χ3n) is 2.30. The van der Waals surface area contributed by atoms with Crippen molar-refractivity contribution in [3.63, 3.8) is 0 Å². The number of rotatable bonds is 3. The molecule has 0 bridgehead atoms. The summed E-state index contributed by atoms with van der Waals surface area (Å²) >= 11 is 1.08. The van der Waals surface area contributed by atoms with E-state index in [1.807, 2.05) is 0 Å². The van der Waals surface area contributed by atoms with E-state index in [4.69, 9.17) is 4.74 Å². The van der Waals surface area contributed by atoms with Crippen LogP contribution in [0.4, 0.5) is 13.2 Å². The highest BCUT2D eigenvalue weighted by atomic mass is 32.1. The molecule has 94 valence electrons. The maximum absolute atomic E-state index is 13.0. The second-order valence-electron chi connectivity index (χ2n) is 3.40. The molecule has 0 N–H and O–H groups in total. The Morgan fingerprint density at radius 1 is 1.22 bits per heavy atom. The molecule has 0 saturated heterocycles. The highest BCUT2D eigenvalue weighted by molar-refractivity contribution is 7.12. The van der Waals surface area contributed by atoms with E-state index in [0.29, 0.717) is 17.9 Å². The van der Waals surface area contributed by atoms with Gasteiger partial charge in [0, 0.05) is 5.56 Å². The summed E-state index contributed by atoms with van der Waals surface area (Å²) in [6, 6.07) is 2.90. The van der Waals surface area contributed by atoms with E-state index in [1.54, 1.807) is 11.4 Å². The number of halogens is 3. The second kappa shape index (κ2) is 4.81. The number of hydrogen-bond acceptors (Lipinski definition) is 3. The van der Waals surface area contributed by atoms with Gasteiger partial charge in [-0.2, -0.15) is 0 Å². The largest absolute Gasteiger partial charge is 0.495 e. The molecule has 0 amide bonds. The van der Waals surface area contributed by atoms with Gasteiger partial charge in [-0.25, -0.2) is 13.2 Å². The molecule has 1 aromatic carbocycles. The number of carbonyl (C=O) groups excluding carboxylic acids is 1. The lowest BCUT2D eigenvalue weighted by Gasteiger charge is -2.03. The maximum atomic E-state index is 13.0. The van der Waals surface area contributed by atoms with Gasteiger partial charge in [-0.3, -0.25) is 4.79 Å². The van der Waals surface area contributed by atoms with Crippen LogP contribution in [0.15, 0.2) is 23.6 Å². The molecule has 0 fully saturated rings. The molecule has 0 unspecified atom stereocenters. The van der Waals surface area contributed by atoms with Gasteiger partial charge in [0.15, 0.2) is 17.5 Å². The highest BCUT2D eigenvalue weighted by Gasteiger charge is 2.20. The molecule has 0 saturated carbocycles. The minimum Gasteiger partial charge on any atom is -0.495 e. The number of hydrogen-bond donors (Lipinski definition) is 0. The molecule has 0 radical (unpaired) electrons. The van der Waals surface area contributed by atoms with Crippen molar-refractivity contribution in [1.29, 1.82) is 0 Å². The first-order chi connectivity index (χ1) is 8.54. The Kier molecular flexibility index (Phi) is 3.38. The fourth-order valence-electron chi connectivity index (χ4n) is 1.44. The number of ketones is 1. The summed E-state index contributed by atoms with van der Waals surface area (Å²) in [4.78, 5) is 12.2. The molecule has 1 heterocycles. The monoisotopic (exact) mass is 272 g/mol. The van der Waals surface area contributed by atoms with Crippen LogP contribution in [0.3, 0.4) is 0 Å². The van der Waals surface area contributed by atoms with Gasteiger partial charge >= 0.3 is 0 Å². The molecule has 2 nitrogen and oxygen atoms in total. The zero-order chi connectivity index (χ0) is 13.3. The number of carbonyl (C=O) groups is 1. The minimum absolute atomic E-state index is 0.211. The maximum Gasteiger partial charge on any atom is 0.206 e. The average Bonchev–Trinajstić information content (AvgIpc) is 2.82. The van der Waals surface area contributed by atoms with Gasteiger partial charge < -0.3 is 4.74 Å². The van der Waals surface area contributed by atoms with E-state index >= 15 is 0 Å². The Morgan fingerprint density at radius 2 is 1.83 bits per heavy atom. The summed E-state index contributed by atoms with van der Waals surface area (Å²) in [6.07, 6.45) is 0. The van der Waals surface area contributed by atoms with E-state index < -0.39 is 23.2 Å². The SMILES string of the molecule is COc1ccsc1C(=O)c1cc(F)c(F)c(F)c1. The third kappa shape index (κ3) is 2.11. The number of benzene rings is 1. The fourth-order valence-corrected chi connectivity index (χ4v) is 2.26. The van der Waals surface area contributed by atoms with Gasteiger partial charge in [0.2, 0.25) is 5.78 Å². The smallest absolute Gasteiger partial charge is 0.206 e. The molecule has 2 rings (SSSR count). The summed E-state index contributed by atoms with van der Waals surface area (Å²) in [7, 11) is 1.38. The van der Waals surface area contributed by atoms with Crippen LogP contribution in [0.5, 0.6) is 5.75 Å². The molecule has 18 heavy (non-hydrogen) atoms. The molecule has 1 aromatic heterocycles. The predicted molar refractivity (Wildman–Crippen MR) is 60.6 cm³/mol. The van der Waals surface area contributed by atoms with Crippen LogP contribution in [-0.4, -0.2) is 12.9 Å². The van der Waals surface area contributed by atoms with Crippen molar-refractivity contribution in [2.45, 2.75) is 0 Å². The van der Waals surface area contributed by atoms with Crippen molar-refractivity contribution in [2.24, 2.45) is 0 Å². The standard InChI is InChI=1S/C12H7F3O2S/c1-17-9-2-3-18-12(9)11(16)6-4-7(13)10(15)8(14)5-6/h2-5H,1H3. The van der Waals surface area contributed by atoms with Gasteiger partial charge in [0.05, 0.1) is 7.11 Å². The van der Waals surface area contributed by atoms with Gasteiger partial charge in [-0.15, -0.1) is 11.3 Å². The first-order valence-electron chi connectivity index (χ1n) is 4.85. The predicted octanol–water partition coefficient (Wildman–Crippen LogP) is 3.41. The van der Waals surface area contributed by atoms with E-state index in [9.17, 15) is 18.0 Å². The average molecular weight is 272 g/mol. The molecule has 0 spiro atoms. The van der Waals surface area contributed by atoms with Gasteiger partial charge in [-0.05, 0) is 23.6 Å². The van der Waals surface area contributed by atoms with Crippen molar-refractivity contribution in [3.8, 4) is 5.75 Å². The first kappa shape index (κ1) is 12.6. The summed E-state index contributed by atoms with van der Waals surface area (Å²) < 4.78 is 43.8. The summed E-state index contributed by atoms with van der Waals surface area (Å²) in [5.41, 5.74) is -0.257. The van der Waals surface area contributed by atoms with Crippen LogP contribution < -0.4 is 4.74 Å². The fraction of sp³-hybridized carbons (Fsp3) is 0.0833. The number of ether oxygens (including phenoxy) is 1. The highest BCUT2D eigenvalue weighted by Crippen LogP contribution is 2.28. The Labute approximate surface area is 105 Å². The van der Waals surface area contributed by atoms with Crippen molar-refractivity contribution >= 4 is 17.1 Å². The Hall–Kier alpha value is -1.82. The Morgan fingerprint density at radius 3 is 2.39 bits per heavy atom. The molecule has 6 heteroatoms. The molecule has 0 aliphatic heterocycles. The summed E-state index contributed by atoms with van der Waals surface area (Å²) in [6.45, 7) is 0. The van der Waals surface area contributed by atoms with Crippen LogP contribution in [0.1, 0.15) is 15.2 Å². The molecular weight excluding hydrogens is 265 g/mol. The van der Waals surface area contributed by atoms with E-state index in [0.717, 1.165) is 11.3 Å². The van der Waals surface area contributed by atoms with Crippen LogP contribution in [0, 0.1) is 17.5 Å². The lowest BCUT2D eigenvalue weighted by Crippen LogP contribution is -2.04. The lowest BCUT2D eigenvalue weighted by molar-refractivity contribution is 0.103. The van der Waals surface area contributed by atoms with Crippen LogP contribution >= 0.6 is 11.3 Å². The zero-order valence-corrected chi connectivity index (χ0v) is 9.98. The summed E-state index contributed by atoms with van der Waals surface area (Å²) in [5, 5.41) is 1.61. The van der Waals surface area contributed by atoms with Crippen LogP contribution in [-0.2, 0) is 0 Å². The van der Waals surface area contributed by atoms with Crippen LogP contribution in [0.2, 0.25) is 0 Å². The van der Waals surface area contributed by atoms with Crippen molar-refractivity contribution in [2.75, 3.05) is 7.11 Å².